The van der Waals surface area contributed by atoms with Crippen molar-refractivity contribution in [2.45, 2.75) is 31.2 Å². The molecule has 5 nitrogen and oxygen atoms in total. The van der Waals surface area contributed by atoms with Crippen LogP contribution in [0.25, 0.3) is 0 Å². The van der Waals surface area contributed by atoms with E-state index in [4.69, 9.17) is 0 Å². The molecule has 1 N–H and O–H groups in total. The number of rotatable bonds is 2. The molecule has 1 aromatic heterocycles. The normalized spacial score (nSPS) is 15.8. The number of aryl methyl sites for hydroxylation is 2. The third-order valence-corrected chi connectivity index (χ3v) is 5.29. The molecule has 0 radical (unpaired) electrons. The van der Waals surface area contributed by atoms with Crippen LogP contribution in [0.3, 0.4) is 0 Å². The SMILES string of the molecule is Cc1ncc(S(=O)(=O)N2CCCCc3ccccc32)[nH]1. The van der Waals surface area contributed by atoms with E-state index >= 15 is 0 Å². The summed E-state index contributed by atoms with van der Waals surface area (Å²) in [6.45, 7) is 2.26. The van der Waals surface area contributed by atoms with E-state index in [9.17, 15) is 8.42 Å². The first-order valence-electron chi connectivity index (χ1n) is 6.71. The molecule has 2 heterocycles. The minimum Gasteiger partial charge on any atom is -0.332 e. The summed E-state index contributed by atoms with van der Waals surface area (Å²) in [4.78, 5) is 6.82. The van der Waals surface area contributed by atoms with Gasteiger partial charge in [0, 0.05) is 6.54 Å². The van der Waals surface area contributed by atoms with E-state index in [1.54, 1.807) is 6.92 Å². The molecule has 3 rings (SSSR count). The summed E-state index contributed by atoms with van der Waals surface area (Å²) in [7, 11) is -3.56. The molecular formula is C14H17N3O2S. The smallest absolute Gasteiger partial charge is 0.281 e. The van der Waals surface area contributed by atoms with Crippen LogP contribution in [0.5, 0.6) is 0 Å². The second kappa shape index (κ2) is 4.94. The third-order valence-electron chi connectivity index (χ3n) is 3.57. The summed E-state index contributed by atoms with van der Waals surface area (Å²) in [6.07, 6.45) is 4.18. The topological polar surface area (TPSA) is 66.1 Å². The Hall–Kier alpha value is -1.82. The molecular weight excluding hydrogens is 274 g/mol. The Morgan fingerprint density at radius 1 is 1.25 bits per heavy atom. The van der Waals surface area contributed by atoms with Gasteiger partial charge >= 0.3 is 0 Å². The molecule has 1 aromatic carbocycles. The molecule has 0 unspecified atom stereocenters. The van der Waals surface area contributed by atoms with Crippen LogP contribution in [0.4, 0.5) is 5.69 Å². The van der Waals surface area contributed by atoms with Gasteiger partial charge in [0.2, 0.25) is 0 Å². The number of sulfonamides is 1. The van der Waals surface area contributed by atoms with Crippen LogP contribution >= 0.6 is 0 Å². The van der Waals surface area contributed by atoms with Crippen LogP contribution in [0.1, 0.15) is 24.2 Å². The maximum Gasteiger partial charge on any atom is 0.281 e. The Morgan fingerprint density at radius 3 is 2.80 bits per heavy atom. The Balaban J connectivity index is 2.09. The zero-order valence-electron chi connectivity index (χ0n) is 11.3. The number of aromatic nitrogens is 2. The average molecular weight is 291 g/mol. The van der Waals surface area contributed by atoms with Crippen molar-refractivity contribution in [3.63, 3.8) is 0 Å². The van der Waals surface area contributed by atoms with E-state index < -0.39 is 10.0 Å². The lowest BCUT2D eigenvalue weighted by Crippen LogP contribution is -2.32. The van der Waals surface area contributed by atoms with Gasteiger partial charge < -0.3 is 4.98 Å². The number of imidazole rings is 1. The van der Waals surface area contributed by atoms with Gasteiger partial charge in [-0.05, 0) is 37.8 Å². The summed E-state index contributed by atoms with van der Waals surface area (Å²) < 4.78 is 27.0. The summed E-state index contributed by atoms with van der Waals surface area (Å²) in [6, 6.07) is 7.71. The number of anilines is 1. The first kappa shape index (κ1) is 13.2. The maximum absolute atomic E-state index is 12.8. The van der Waals surface area contributed by atoms with Crippen LogP contribution in [0.2, 0.25) is 0 Å². The van der Waals surface area contributed by atoms with Crippen molar-refractivity contribution < 1.29 is 8.42 Å². The molecule has 0 amide bonds. The van der Waals surface area contributed by atoms with Crippen molar-refractivity contribution in [2.75, 3.05) is 10.8 Å². The number of hydrogen-bond donors (Lipinski definition) is 1. The molecule has 6 heteroatoms. The zero-order chi connectivity index (χ0) is 14.2. The van der Waals surface area contributed by atoms with Crippen molar-refractivity contribution >= 4 is 15.7 Å². The van der Waals surface area contributed by atoms with Gasteiger partial charge in [-0.3, -0.25) is 4.31 Å². The van der Waals surface area contributed by atoms with Crippen molar-refractivity contribution in [3.05, 3.63) is 41.9 Å². The second-order valence-electron chi connectivity index (χ2n) is 5.00. The van der Waals surface area contributed by atoms with Gasteiger partial charge in [0.05, 0.1) is 11.9 Å². The molecule has 0 spiro atoms. The predicted octanol–water partition coefficient (Wildman–Crippen LogP) is 2.25. The van der Waals surface area contributed by atoms with Gasteiger partial charge in [-0.2, -0.15) is 8.42 Å². The van der Waals surface area contributed by atoms with E-state index in [1.165, 1.54) is 10.5 Å². The van der Waals surface area contributed by atoms with Crippen LogP contribution in [0, 0.1) is 6.92 Å². The van der Waals surface area contributed by atoms with E-state index in [0.717, 1.165) is 30.5 Å². The predicted molar refractivity (Wildman–Crippen MR) is 77.2 cm³/mol. The minimum atomic E-state index is -3.56. The molecule has 0 aliphatic carbocycles. The number of hydrogen-bond acceptors (Lipinski definition) is 3. The summed E-state index contributed by atoms with van der Waals surface area (Å²) in [5, 5.41) is 0.159. The largest absolute Gasteiger partial charge is 0.332 e. The fraction of sp³-hybridized carbons (Fsp3) is 0.357. The number of nitrogens with one attached hydrogen (secondary N) is 1. The van der Waals surface area contributed by atoms with E-state index in [2.05, 4.69) is 9.97 Å². The summed E-state index contributed by atoms with van der Waals surface area (Å²) >= 11 is 0. The fourth-order valence-corrected chi connectivity index (χ4v) is 4.06. The molecule has 106 valence electrons. The Bertz CT molecular complexity index is 722. The molecule has 0 bridgehead atoms. The fourth-order valence-electron chi connectivity index (χ4n) is 2.55. The summed E-state index contributed by atoms with van der Waals surface area (Å²) in [5.74, 6) is 0.603. The molecule has 1 aliphatic rings. The van der Waals surface area contributed by atoms with Crippen LogP contribution in [0.15, 0.2) is 35.5 Å². The van der Waals surface area contributed by atoms with Crippen molar-refractivity contribution in [2.24, 2.45) is 0 Å². The van der Waals surface area contributed by atoms with Gasteiger partial charge in [-0.1, -0.05) is 18.2 Å². The van der Waals surface area contributed by atoms with E-state index in [1.807, 2.05) is 24.3 Å². The van der Waals surface area contributed by atoms with Crippen molar-refractivity contribution in [1.82, 2.24) is 9.97 Å². The number of aromatic amines is 1. The van der Waals surface area contributed by atoms with Gasteiger partial charge in [-0.25, -0.2) is 4.98 Å². The van der Waals surface area contributed by atoms with Crippen LogP contribution in [-0.2, 0) is 16.4 Å². The van der Waals surface area contributed by atoms with Gasteiger partial charge in [-0.15, -0.1) is 0 Å². The molecule has 0 fully saturated rings. The first-order valence-corrected chi connectivity index (χ1v) is 8.15. The lowest BCUT2D eigenvalue weighted by atomic mass is 10.1. The highest BCUT2D eigenvalue weighted by molar-refractivity contribution is 7.92. The Labute approximate surface area is 118 Å². The Morgan fingerprint density at radius 2 is 2.05 bits per heavy atom. The zero-order valence-corrected chi connectivity index (χ0v) is 12.2. The van der Waals surface area contributed by atoms with Gasteiger partial charge in [0.15, 0.2) is 5.03 Å². The maximum atomic E-state index is 12.8. The van der Waals surface area contributed by atoms with Gasteiger partial charge in [0.1, 0.15) is 5.82 Å². The number of H-pyrrole nitrogens is 1. The number of fused-ring (bicyclic) bond motifs is 1. The lowest BCUT2D eigenvalue weighted by molar-refractivity contribution is 0.586. The highest BCUT2D eigenvalue weighted by Gasteiger charge is 2.29. The molecule has 0 atom stereocenters. The minimum absolute atomic E-state index is 0.159. The lowest BCUT2D eigenvalue weighted by Gasteiger charge is -2.23. The van der Waals surface area contributed by atoms with E-state index in [-0.39, 0.29) is 5.03 Å². The number of benzene rings is 1. The highest BCUT2D eigenvalue weighted by atomic mass is 32.2. The molecule has 1 aliphatic heterocycles. The average Bonchev–Trinajstić information content (AvgIpc) is 2.75. The Kier molecular flexibility index (Phi) is 3.25. The quantitative estimate of drug-likeness (QED) is 0.923. The van der Waals surface area contributed by atoms with Crippen LogP contribution in [-0.4, -0.2) is 24.9 Å². The van der Waals surface area contributed by atoms with Gasteiger partial charge in [0.25, 0.3) is 10.0 Å². The highest BCUT2D eigenvalue weighted by Crippen LogP contribution is 2.30. The first-order chi connectivity index (χ1) is 9.59. The molecule has 2 aromatic rings. The van der Waals surface area contributed by atoms with Crippen molar-refractivity contribution in [3.8, 4) is 0 Å². The van der Waals surface area contributed by atoms with Crippen molar-refractivity contribution in [1.29, 1.82) is 0 Å². The molecule has 0 saturated heterocycles. The second-order valence-corrected chi connectivity index (χ2v) is 6.83. The van der Waals surface area contributed by atoms with Crippen LogP contribution < -0.4 is 4.31 Å². The summed E-state index contributed by atoms with van der Waals surface area (Å²) in [5.41, 5.74) is 1.88. The van der Waals surface area contributed by atoms with E-state index in [0.29, 0.717) is 12.4 Å². The molecule has 0 saturated carbocycles. The standard InChI is InChI=1S/C14H17N3O2S/c1-11-15-10-14(16-11)20(18,19)17-9-5-4-7-12-6-2-3-8-13(12)17/h2-3,6,8,10H,4-5,7,9H2,1H3,(H,15,16). The monoisotopic (exact) mass is 291 g/mol. The molecule has 20 heavy (non-hydrogen) atoms. The third kappa shape index (κ3) is 2.20. The number of nitrogens with zero attached hydrogens (tertiary/aromatic N) is 2. The number of para-hydroxylation sites is 1.